The van der Waals surface area contributed by atoms with Crippen LogP contribution in [0.5, 0.6) is 0 Å². The van der Waals surface area contributed by atoms with E-state index in [1.807, 2.05) is 72.8 Å². The summed E-state index contributed by atoms with van der Waals surface area (Å²) < 4.78 is 0. The van der Waals surface area contributed by atoms with Gasteiger partial charge in [-0.05, 0) is 48.2 Å². The van der Waals surface area contributed by atoms with Crippen molar-refractivity contribution in [3.8, 4) is 11.8 Å². The first-order chi connectivity index (χ1) is 19.4. The van der Waals surface area contributed by atoms with Crippen molar-refractivity contribution in [3.63, 3.8) is 0 Å². The average molecular weight is 949 g/mol. The Labute approximate surface area is 285 Å². The normalized spacial score (nSPS) is 10.1. The summed E-state index contributed by atoms with van der Waals surface area (Å²) in [5.74, 6) is 5.02. The molecule has 0 heterocycles. The van der Waals surface area contributed by atoms with Gasteiger partial charge in [0.25, 0.3) is 0 Å². The Kier molecular flexibility index (Phi) is 15.3. The van der Waals surface area contributed by atoms with Crippen molar-refractivity contribution < 1.29 is 44.8 Å². The van der Waals surface area contributed by atoms with E-state index in [2.05, 4.69) is 74.9 Å². The van der Waals surface area contributed by atoms with Crippen LogP contribution >= 0.6 is 15.8 Å². The van der Waals surface area contributed by atoms with Crippen molar-refractivity contribution in [1.29, 1.82) is 0 Å². The van der Waals surface area contributed by atoms with Crippen LogP contribution < -0.4 is 0 Å². The van der Waals surface area contributed by atoms with Gasteiger partial charge >= 0.3 is 44.8 Å². The summed E-state index contributed by atoms with van der Waals surface area (Å²) in [5.41, 5.74) is 1.71. The quantitative estimate of drug-likeness (QED) is 0.0546. The van der Waals surface area contributed by atoms with E-state index in [1.165, 1.54) is 33.9 Å². The summed E-state index contributed by atoms with van der Waals surface area (Å²) in [6.07, 6.45) is 17.8. The van der Waals surface area contributed by atoms with E-state index in [0.717, 1.165) is 32.7 Å². The maximum Gasteiger partial charge on any atom is 1.00 e. The average Bonchev–Trinajstić information content (AvgIpc) is 3.00. The zero-order valence-corrected chi connectivity index (χ0v) is 30.7. The van der Waals surface area contributed by atoms with Crippen molar-refractivity contribution >= 4 is 58.9 Å². The Morgan fingerprint density at radius 1 is 0.452 bits per heavy atom. The third-order valence-corrected chi connectivity index (χ3v) is 9.93. The zero-order chi connectivity index (χ0) is 28.5. The minimum absolute atomic E-state index is 0. The first-order valence-electron chi connectivity index (χ1n) is 13.7. The molecule has 0 saturated heterocycles. The predicted octanol–water partition coefficient (Wildman–Crippen LogP) is 9.79. The van der Waals surface area contributed by atoms with Gasteiger partial charge in [0.2, 0.25) is 0 Å². The minimum Gasteiger partial charge on any atom is -0.366 e. The number of fused-ring (bicyclic) bond motifs is 6. The number of hydrogen-bond acceptors (Lipinski definition) is 0. The number of hydrogen-bond donors (Lipinski definition) is 0. The maximum absolute atomic E-state index is 7.35. The molecule has 0 bridgehead atoms. The summed E-state index contributed by atoms with van der Waals surface area (Å²) >= 11 is 0. The first kappa shape index (κ1) is 36.0. The van der Waals surface area contributed by atoms with Crippen LogP contribution in [0, 0.1) is 24.7 Å². The molecule has 0 saturated carbocycles. The van der Waals surface area contributed by atoms with Gasteiger partial charge in [-0.1, -0.05) is 108 Å². The molecule has 0 amide bonds. The van der Waals surface area contributed by atoms with Crippen LogP contribution in [-0.4, -0.2) is 39.0 Å². The molecule has 42 heavy (non-hydrogen) atoms. The summed E-state index contributed by atoms with van der Waals surface area (Å²) in [7, 11) is 0.191. The van der Waals surface area contributed by atoms with Crippen molar-refractivity contribution in [1.82, 2.24) is 0 Å². The van der Waals surface area contributed by atoms with Crippen molar-refractivity contribution in [2.24, 2.45) is 0 Å². The van der Waals surface area contributed by atoms with E-state index in [-0.39, 0.29) is 60.6 Å². The Hall–Kier alpha value is -2.18. The first-order valence-corrected chi connectivity index (χ1v) is 19.1. The molecule has 0 atom stereocenters. The molecule has 0 aliphatic heterocycles. The molecule has 0 spiro atoms. The summed E-state index contributed by atoms with van der Waals surface area (Å²) in [4.78, 5) is 0. The third-order valence-electron chi connectivity index (χ3n) is 6.93. The van der Waals surface area contributed by atoms with Gasteiger partial charge in [0.05, 0.1) is 12.3 Å². The van der Waals surface area contributed by atoms with Crippen LogP contribution in [0.4, 0.5) is 0 Å². The molecule has 0 unspecified atom stereocenters. The zero-order valence-electron chi connectivity index (χ0n) is 24.4. The van der Waals surface area contributed by atoms with Crippen LogP contribution in [0.15, 0.2) is 109 Å². The molecule has 0 radical (unpaired) electrons. The Bertz CT molecular complexity index is 1710. The fraction of sp³-hybridized carbons (Fsp3) is 0.158. The molecule has 0 fully saturated rings. The molecule has 6 rings (SSSR count). The molecule has 0 aliphatic rings. The molecular weight excluding hydrogens is 912 g/mol. The Balaban J connectivity index is 0.000000228. The van der Waals surface area contributed by atoms with Crippen LogP contribution in [0.3, 0.4) is 0 Å². The molecule has 6 aromatic rings. The van der Waals surface area contributed by atoms with Crippen molar-refractivity contribution in [2.75, 3.05) is 39.0 Å². The van der Waals surface area contributed by atoms with Gasteiger partial charge in [0.1, 0.15) is 0 Å². The van der Waals surface area contributed by atoms with Gasteiger partial charge in [0, 0.05) is 26.7 Å². The molecule has 6 aromatic carbocycles. The van der Waals surface area contributed by atoms with Gasteiger partial charge in [-0.3, -0.25) is 11.8 Å². The minimum atomic E-state index is 0. The number of benzene rings is 6. The second-order valence-electron chi connectivity index (χ2n) is 10.5. The van der Waals surface area contributed by atoms with Gasteiger partial charge < -0.3 is 12.8 Å². The van der Waals surface area contributed by atoms with Crippen molar-refractivity contribution in [3.05, 3.63) is 133 Å². The fourth-order valence-corrected chi connectivity index (χ4v) is 8.82. The molecule has 4 heteroatoms. The maximum atomic E-state index is 7.35. The Morgan fingerprint density at radius 3 is 1.05 bits per heavy atom. The van der Waals surface area contributed by atoms with Crippen LogP contribution in [0.2, 0.25) is 0 Å². The fourth-order valence-electron chi connectivity index (χ4n) is 4.82. The van der Waals surface area contributed by atoms with Crippen LogP contribution in [0.25, 0.3) is 43.1 Å². The number of rotatable bonds is 3. The van der Waals surface area contributed by atoms with E-state index in [0.29, 0.717) is 0 Å². The standard InChI is InChI=1S/2C16H9.C6H16P2.2Au/c2*1-2-12-11-13-7-3-4-9-15(13)16-10-6-5-8-14(12)16;1-7(2)5-6-8(3)4;;/h2*3-11H;5-6H2,1-4H3;;/q2*-1;;2*+1/p+2. The van der Waals surface area contributed by atoms with Gasteiger partial charge in [-0.15, -0.1) is 23.3 Å². The molecule has 0 aliphatic carbocycles. The van der Waals surface area contributed by atoms with E-state index in [1.54, 1.807) is 0 Å². The monoisotopic (exact) mass is 948 g/mol. The van der Waals surface area contributed by atoms with Crippen molar-refractivity contribution in [2.45, 2.75) is 0 Å². The second-order valence-corrected chi connectivity index (χ2v) is 16.4. The van der Waals surface area contributed by atoms with Gasteiger partial charge in [0.15, 0.2) is 0 Å². The third kappa shape index (κ3) is 9.16. The summed E-state index contributed by atoms with van der Waals surface area (Å²) in [5, 5.41) is 9.36. The molecule has 218 valence electrons. The van der Waals surface area contributed by atoms with Crippen LogP contribution in [0.1, 0.15) is 11.1 Å². The topological polar surface area (TPSA) is 0 Å². The second kappa shape index (κ2) is 17.8. The predicted molar refractivity (Wildman–Crippen MR) is 185 cm³/mol. The molecule has 0 nitrogen and oxygen atoms in total. The van der Waals surface area contributed by atoms with E-state index in [4.69, 9.17) is 12.8 Å². The molecule has 0 aromatic heterocycles. The van der Waals surface area contributed by atoms with Gasteiger partial charge in [-0.2, -0.15) is 0 Å². The van der Waals surface area contributed by atoms with E-state index in [9.17, 15) is 0 Å². The smallest absolute Gasteiger partial charge is 0.366 e. The van der Waals surface area contributed by atoms with Gasteiger partial charge in [-0.25, -0.2) is 0 Å². The summed E-state index contributed by atoms with van der Waals surface area (Å²) in [6, 6.07) is 36.9. The Morgan fingerprint density at radius 2 is 0.738 bits per heavy atom. The summed E-state index contributed by atoms with van der Waals surface area (Å²) in [6.45, 7) is 9.59. The molecule has 0 N–H and O–H groups in total. The van der Waals surface area contributed by atoms with E-state index >= 15 is 0 Å². The van der Waals surface area contributed by atoms with Crippen LogP contribution in [-0.2, 0) is 44.8 Å². The SMILES string of the molecule is C[PH+](C)CC[PH+](C)C.[Au+].[Au+].[C-]#Cc1cc2ccccc2c2ccccc12.[C-]#Cc1cc2ccccc2c2ccccc12. The van der Waals surface area contributed by atoms with E-state index < -0.39 is 0 Å². The largest absolute Gasteiger partial charge is 1.00 e. The molecular formula is C38H36Au2P2+2.